The van der Waals surface area contributed by atoms with Crippen LogP contribution in [0.3, 0.4) is 0 Å². The van der Waals surface area contributed by atoms with E-state index >= 15 is 0 Å². The van der Waals surface area contributed by atoms with Gasteiger partial charge in [0.15, 0.2) is 11.5 Å². The van der Waals surface area contributed by atoms with Gasteiger partial charge in [-0.25, -0.2) is 0 Å². The number of hydrogen-bond donors (Lipinski definition) is 0. The Bertz CT molecular complexity index is 657. The zero-order chi connectivity index (χ0) is 17.2. The van der Waals surface area contributed by atoms with Crippen molar-refractivity contribution >= 4 is 12.0 Å². The quantitative estimate of drug-likeness (QED) is 0.769. The molecule has 1 aromatic rings. The molecular formula is C20H25NO4. The van der Waals surface area contributed by atoms with Gasteiger partial charge in [0, 0.05) is 18.2 Å². The van der Waals surface area contributed by atoms with Crippen molar-refractivity contribution in [3.63, 3.8) is 0 Å². The molecule has 0 atom stereocenters. The standard InChI is InChI=1S/C20H25NO4/c1-23-17-12-14(13-18-20(17)25-11-10-24-18)6-9-19(22)21(16-7-8-16)15-4-2-3-5-15/h6,9,12-13,15-16H,2-5,7-8,10-11H2,1H3/b9-6+. The SMILES string of the molecule is COc1cc(/C=C/C(=O)N(C2CCCC2)C2CC2)cc2c1OCCO2. The smallest absolute Gasteiger partial charge is 0.247 e. The fourth-order valence-corrected chi connectivity index (χ4v) is 3.84. The van der Waals surface area contributed by atoms with Crippen LogP contribution in [0.15, 0.2) is 18.2 Å². The summed E-state index contributed by atoms with van der Waals surface area (Å²) in [4.78, 5) is 14.9. The van der Waals surface area contributed by atoms with Crippen LogP contribution in [0, 0.1) is 0 Å². The van der Waals surface area contributed by atoms with Crippen LogP contribution < -0.4 is 14.2 Å². The summed E-state index contributed by atoms with van der Waals surface area (Å²) >= 11 is 0. The van der Waals surface area contributed by atoms with Gasteiger partial charge in [-0.15, -0.1) is 0 Å². The average Bonchev–Trinajstić information content (AvgIpc) is 3.33. The number of fused-ring (bicyclic) bond motifs is 1. The zero-order valence-electron chi connectivity index (χ0n) is 14.7. The van der Waals surface area contributed by atoms with Gasteiger partial charge in [0.05, 0.1) is 7.11 Å². The molecule has 0 saturated heterocycles. The van der Waals surface area contributed by atoms with E-state index in [9.17, 15) is 4.79 Å². The molecule has 0 aromatic heterocycles. The van der Waals surface area contributed by atoms with Crippen molar-refractivity contribution in [2.75, 3.05) is 20.3 Å². The molecule has 4 rings (SSSR count). The maximum atomic E-state index is 12.8. The van der Waals surface area contributed by atoms with Crippen LogP contribution in [-0.4, -0.2) is 43.2 Å². The molecule has 1 amide bonds. The minimum atomic E-state index is 0.128. The first-order valence-corrected chi connectivity index (χ1v) is 9.24. The minimum Gasteiger partial charge on any atom is -0.493 e. The maximum Gasteiger partial charge on any atom is 0.247 e. The van der Waals surface area contributed by atoms with Gasteiger partial charge in [0.2, 0.25) is 11.7 Å². The largest absolute Gasteiger partial charge is 0.493 e. The topological polar surface area (TPSA) is 48.0 Å². The van der Waals surface area contributed by atoms with Crippen LogP contribution in [0.5, 0.6) is 17.2 Å². The third kappa shape index (κ3) is 3.46. The van der Waals surface area contributed by atoms with E-state index in [0.29, 0.717) is 42.5 Å². The van der Waals surface area contributed by atoms with Crippen molar-refractivity contribution in [3.8, 4) is 17.2 Å². The first kappa shape index (κ1) is 16.3. The molecule has 2 fully saturated rings. The van der Waals surface area contributed by atoms with Gasteiger partial charge in [-0.3, -0.25) is 4.79 Å². The molecule has 134 valence electrons. The van der Waals surface area contributed by atoms with E-state index in [1.807, 2.05) is 18.2 Å². The fourth-order valence-electron chi connectivity index (χ4n) is 3.84. The Hall–Kier alpha value is -2.17. The lowest BCUT2D eigenvalue weighted by Crippen LogP contribution is -2.39. The highest BCUT2D eigenvalue weighted by atomic mass is 16.6. The Labute approximate surface area is 148 Å². The molecule has 3 aliphatic rings. The number of methoxy groups -OCH3 is 1. The second-order valence-electron chi connectivity index (χ2n) is 7.00. The molecule has 5 heteroatoms. The third-order valence-corrected chi connectivity index (χ3v) is 5.18. The Balaban J connectivity index is 1.53. The molecule has 1 aliphatic heterocycles. The van der Waals surface area contributed by atoms with Crippen molar-refractivity contribution < 1.29 is 19.0 Å². The summed E-state index contributed by atoms with van der Waals surface area (Å²) < 4.78 is 16.7. The van der Waals surface area contributed by atoms with E-state index in [4.69, 9.17) is 14.2 Å². The first-order valence-electron chi connectivity index (χ1n) is 9.24. The van der Waals surface area contributed by atoms with Gasteiger partial charge in [-0.1, -0.05) is 12.8 Å². The number of rotatable bonds is 5. The Kier molecular flexibility index (Phi) is 4.55. The maximum absolute atomic E-state index is 12.8. The number of ether oxygens (including phenoxy) is 3. The van der Waals surface area contributed by atoms with Crippen LogP contribution in [0.2, 0.25) is 0 Å². The Morgan fingerprint density at radius 2 is 1.84 bits per heavy atom. The summed E-state index contributed by atoms with van der Waals surface area (Å²) in [6, 6.07) is 4.67. The van der Waals surface area contributed by atoms with Crippen molar-refractivity contribution in [2.24, 2.45) is 0 Å². The predicted molar refractivity (Wildman–Crippen MR) is 95.1 cm³/mol. The highest BCUT2D eigenvalue weighted by Crippen LogP contribution is 2.41. The van der Waals surface area contributed by atoms with Crippen molar-refractivity contribution in [1.82, 2.24) is 4.90 Å². The van der Waals surface area contributed by atoms with Crippen LogP contribution in [0.25, 0.3) is 6.08 Å². The number of carbonyl (C=O) groups is 1. The number of amides is 1. The third-order valence-electron chi connectivity index (χ3n) is 5.18. The number of benzene rings is 1. The molecule has 1 heterocycles. The molecule has 0 bridgehead atoms. The van der Waals surface area contributed by atoms with E-state index in [1.54, 1.807) is 13.2 Å². The van der Waals surface area contributed by atoms with Gasteiger partial charge in [0.1, 0.15) is 13.2 Å². The Morgan fingerprint density at radius 1 is 1.12 bits per heavy atom. The van der Waals surface area contributed by atoms with Crippen LogP contribution in [0.1, 0.15) is 44.1 Å². The van der Waals surface area contributed by atoms with Gasteiger partial charge in [-0.2, -0.15) is 0 Å². The highest BCUT2D eigenvalue weighted by molar-refractivity contribution is 5.92. The number of nitrogens with zero attached hydrogens (tertiary/aromatic N) is 1. The number of carbonyl (C=O) groups excluding carboxylic acids is 1. The molecule has 2 saturated carbocycles. The highest BCUT2D eigenvalue weighted by Gasteiger charge is 2.37. The van der Waals surface area contributed by atoms with E-state index in [-0.39, 0.29) is 5.91 Å². The van der Waals surface area contributed by atoms with Crippen LogP contribution in [-0.2, 0) is 4.79 Å². The van der Waals surface area contributed by atoms with Gasteiger partial charge in [0.25, 0.3) is 0 Å². The lowest BCUT2D eigenvalue weighted by atomic mass is 10.1. The second kappa shape index (κ2) is 6.98. The molecule has 0 spiro atoms. The summed E-state index contributed by atoms with van der Waals surface area (Å²) in [6.07, 6.45) is 10.6. The lowest BCUT2D eigenvalue weighted by molar-refractivity contribution is -0.128. The summed E-state index contributed by atoms with van der Waals surface area (Å²) in [5.41, 5.74) is 0.886. The summed E-state index contributed by atoms with van der Waals surface area (Å²) in [6.45, 7) is 1.05. The van der Waals surface area contributed by atoms with Crippen LogP contribution >= 0.6 is 0 Å². The van der Waals surface area contributed by atoms with Crippen molar-refractivity contribution in [3.05, 3.63) is 23.8 Å². The summed E-state index contributed by atoms with van der Waals surface area (Å²) in [5, 5.41) is 0. The molecule has 1 aromatic carbocycles. The normalized spacial score (nSPS) is 20.0. The second-order valence-corrected chi connectivity index (χ2v) is 7.00. The van der Waals surface area contributed by atoms with E-state index in [2.05, 4.69) is 4.90 Å². The molecule has 0 unspecified atom stereocenters. The van der Waals surface area contributed by atoms with E-state index in [0.717, 1.165) is 31.2 Å². The molecule has 0 radical (unpaired) electrons. The zero-order valence-corrected chi connectivity index (χ0v) is 14.7. The van der Waals surface area contributed by atoms with E-state index < -0.39 is 0 Å². The Morgan fingerprint density at radius 3 is 2.56 bits per heavy atom. The molecule has 0 N–H and O–H groups in total. The minimum absolute atomic E-state index is 0.128. The summed E-state index contributed by atoms with van der Waals surface area (Å²) in [7, 11) is 1.61. The lowest BCUT2D eigenvalue weighted by Gasteiger charge is -2.28. The molecular weight excluding hydrogens is 318 g/mol. The average molecular weight is 343 g/mol. The van der Waals surface area contributed by atoms with Crippen molar-refractivity contribution in [1.29, 1.82) is 0 Å². The molecule has 25 heavy (non-hydrogen) atoms. The number of hydrogen-bond acceptors (Lipinski definition) is 4. The fraction of sp³-hybridized carbons (Fsp3) is 0.550. The monoisotopic (exact) mass is 343 g/mol. The molecule has 2 aliphatic carbocycles. The van der Waals surface area contributed by atoms with Crippen LogP contribution in [0.4, 0.5) is 0 Å². The predicted octanol–water partition coefficient (Wildman–Crippen LogP) is 3.41. The van der Waals surface area contributed by atoms with Gasteiger partial charge in [-0.05, 0) is 49.5 Å². The van der Waals surface area contributed by atoms with E-state index in [1.165, 1.54) is 12.8 Å². The van der Waals surface area contributed by atoms with Gasteiger partial charge >= 0.3 is 0 Å². The summed E-state index contributed by atoms with van der Waals surface area (Å²) in [5.74, 6) is 2.08. The molecule has 5 nitrogen and oxygen atoms in total. The van der Waals surface area contributed by atoms with Crippen molar-refractivity contribution in [2.45, 2.75) is 50.6 Å². The first-order chi connectivity index (χ1) is 12.3. The van der Waals surface area contributed by atoms with Gasteiger partial charge < -0.3 is 19.1 Å².